The molecule has 0 bridgehead atoms. The Balaban J connectivity index is 1.59. The van der Waals surface area contributed by atoms with Crippen LogP contribution in [-0.4, -0.2) is 20.9 Å². The number of nitrogens with one attached hydrogen (secondary N) is 1. The van der Waals surface area contributed by atoms with Crippen LogP contribution in [0.5, 0.6) is 0 Å². The summed E-state index contributed by atoms with van der Waals surface area (Å²) < 4.78 is 13.4. The molecule has 28 heavy (non-hydrogen) atoms. The van der Waals surface area contributed by atoms with Gasteiger partial charge in [-0.15, -0.1) is 5.10 Å². The van der Waals surface area contributed by atoms with Crippen LogP contribution in [0.25, 0.3) is 0 Å². The van der Waals surface area contributed by atoms with Crippen molar-refractivity contribution in [3.8, 4) is 6.07 Å². The highest BCUT2D eigenvalue weighted by Crippen LogP contribution is 2.15. The zero-order valence-electron chi connectivity index (χ0n) is 15.7. The molecule has 2 aromatic carbocycles. The number of hydrogen-bond acceptors (Lipinski definition) is 4. The second-order valence-electron chi connectivity index (χ2n) is 6.81. The van der Waals surface area contributed by atoms with Gasteiger partial charge >= 0.3 is 0 Å². The van der Waals surface area contributed by atoms with Gasteiger partial charge in [-0.2, -0.15) is 15.2 Å². The van der Waals surface area contributed by atoms with Gasteiger partial charge in [0.05, 0.1) is 24.7 Å². The van der Waals surface area contributed by atoms with Crippen molar-refractivity contribution in [3.05, 3.63) is 76.7 Å². The fourth-order valence-corrected chi connectivity index (χ4v) is 2.74. The highest BCUT2D eigenvalue weighted by Gasteiger charge is 2.09. The molecule has 0 spiro atoms. The van der Waals surface area contributed by atoms with Crippen molar-refractivity contribution in [2.24, 2.45) is 0 Å². The SMILES string of the molecule is CC(C)c1ccc(CC(=O)Nc2cnn(Cc3ccc(F)c(C#N)c3)n2)cc1. The Kier molecular flexibility index (Phi) is 5.80. The molecule has 1 aromatic heterocycles. The van der Waals surface area contributed by atoms with Gasteiger partial charge < -0.3 is 5.32 Å². The van der Waals surface area contributed by atoms with Crippen LogP contribution in [0.4, 0.5) is 10.2 Å². The van der Waals surface area contributed by atoms with E-state index in [1.54, 1.807) is 12.1 Å². The van der Waals surface area contributed by atoms with Crippen molar-refractivity contribution in [1.29, 1.82) is 5.26 Å². The van der Waals surface area contributed by atoms with E-state index in [2.05, 4.69) is 29.4 Å². The minimum atomic E-state index is -0.561. The molecule has 1 amide bonds. The first-order valence-electron chi connectivity index (χ1n) is 8.92. The summed E-state index contributed by atoms with van der Waals surface area (Å²) in [6.45, 7) is 4.51. The third-order valence-corrected chi connectivity index (χ3v) is 4.29. The van der Waals surface area contributed by atoms with E-state index in [-0.39, 0.29) is 24.4 Å². The van der Waals surface area contributed by atoms with Crippen LogP contribution in [0.2, 0.25) is 0 Å². The number of nitrogens with zero attached hydrogens (tertiary/aromatic N) is 4. The minimum absolute atomic E-state index is 0.0262. The quantitative estimate of drug-likeness (QED) is 0.711. The van der Waals surface area contributed by atoms with Gasteiger partial charge in [0.1, 0.15) is 11.9 Å². The average molecular weight is 377 g/mol. The van der Waals surface area contributed by atoms with Crippen molar-refractivity contribution in [1.82, 2.24) is 15.0 Å². The largest absolute Gasteiger partial charge is 0.308 e. The van der Waals surface area contributed by atoms with Crippen LogP contribution < -0.4 is 5.32 Å². The lowest BCUT2D eigenvalue weighted by atomic mass is 10.0. The summed E-state index contributed by atoms with van der Waals surface area (Å²) in [6.07, 6.45) is 1.70. The topological polar surface area (TPSA) is 83.6 Å². The smallest absolute Gasteiger partial charge is 0.230 e. The van der Waals surface area contributed by atoms with Gasteiger partial charge in [0.25, 0.3) is 0 Å². The van der Waals surface area contributed by atoms with Crippen molar-refractivity contribution >= 4 is 11.7 Å². The first-order chi connectivity index (χ1) is 13.4. The molecule has 0 unspecified atom stereocenters. The summed E-state index contributed by atoms with van der Waals surface area (Å²) in [5.41, 5.74) is 2.82. The number of halogens is 1. The van der Waals surface area contributed by atoms with Crippen LogP contribution >= 0.6 is 0 Å². The highest BCUT2D eigenvalue weighted by molar-refractivity contribution is 5.91. The minimum Gasteiger partial charge on any atom is -0.308 e. The number of carbonyl (C=O) groups is 1. The van der Waals surface area contributed by atoms with Crippen LogP contribution in [0.3, 0.4) is 0 Å². The molecule has 0 aliphatic heterocycles. The summed E-state index contributed by atoms with van der Waals surface area (Å²) >= 11 is 0. The fraction of sp³-hybridized carbons (Fsp3) is 0.238. The molecule has 0 atom stereocenters. The Bertz CT molecular complexity index is 1020. The van der Waals surface area contributed by atoms with Crippen molar-refractivity contribution in [2.45, 2.75) is 32.7 Å². The predicted octanol–water partition coefficient (Wildman–Crippen LogP) is 3.64. The maximum absolute atomic E-state index is 13.4. The number of carbonyl (C=O) groups excluding carboxylic acids is 1. The standard InChI is InChI=1S/C21H20FN5O/c1-14(2)17-6-3-15(4-7-17)10-21(28)25-20-12-24-27(26-20)13-16-5-8-19(22)18(9-16)11-23/h3-9,12,14H,10,13H2,1-2H3,(H,25,26,28). The first kappa shape index (κ1) is 19.2. The molecule has 0 fully saturated rings. The average Bonchev–Trinajstić information content (AvgIpc) is 3.10. The lowest BCUT2D eigenvalue weighted by Gasteiger charge is -2.07. The van der Waals surface area contributed by atoms with Gasteiger partial charge in [-0.1, -0.05) is 44.2 Å². The third kappa shape index (κ3) is 4.80. The van der Waals surface area contributed by atoms with E-state index in [1.165, 1.54) is 28.7 Å². The predicted molar refractivity (Wildman–Crippen MR) is 103 cm³/mol. The Hall–Kier alpha value is -3.53. The normalized spacial score (nSPS) is 10.7. The zero-order valence-corrected chi connectivity index (χ0v) is 15.7. The van der Waals surface area contributed by atoms with E-state index in [0.717, 1.165) is 5.56 Å². The van der Waals surface area contributed by atoms with Crippen LogP contribution in [0.15, 0.2) is 48.7 Å². The van der Waals surface area contributed by atoms with Crippen LogP contribution in [0.1, 0.15) is 42.0 Å². The van der Waals surface area contributed by atoms with E-state index in [9.17, 15) is 9.18 Å². The molecular weight excluding hydrogens is 357 g/mol. The van der Waals surface area contributed by atoms with Gasteiger partial charge in [0, 0.05) is 0 Å². The molecule has 3 aromatic rings. The molecule has 0 saturated heterocycles. The number of aromatic nitrogens is 3. The van der Waals surface area contributed by atoms with Gasteiger partial charge in [-0.05, 0) is 34.7 Å². The van der Waals surface area contributed by atoms with E-state index < -0.39 is 5.82 Å². The van der Waals surface area contributed by atoms with E-state index in [1.807, 2.05) is 24.3 Å². The molecule has 1 N–H and O–H groups in total. The summed E-state index contributed by atoms with van der Waals surface area (Å²) in [4.78, 5) is 13.6. The Morgan fingerprint density at radius 2 is 1.93 bits per heavy atom. The monoisotopic (exact) mass is 377 g/mol. The second-order valence-corrected chi connectivity index (χ2v) is 6.81. The van der Waals surface area contributed by atoms with Crippen LogP contribution in [-0.2, 0) is 17.8 Å². The summed E-state index contributed by atoms with van der Waals surface area (Å²) in [7, 11) is 0. The summed E-state index contributed by atoms with van der Waals surface area (Å²) in [5, 5.41) is 19.9. The highest BCUT2D eigenvalue weighted by atomic mass is 19.1. The first-order valence-corrected chi connectivity index (χ1v) is 8.92. The summed E-state index contributed by atoms with van der Waals surface area (Å²) in [5.74, 6) is 0.0432. The Morgan fingerprint density at radius 1 is 1.21 bits per heavy atom. The van der Waals surface area contributed by atoms with Crippen molar-refractivity contribution < 1.29 is 9.18 Å². The molecule has 0 aliphatic carbocycles. The lowest BCUT2D eigenvalue weighted by molar-refractivity contribution is -0.115. The van der Waals surface area contributed by atoms with Gasteiger partial charge in [-0.3, -0.25) is 4.79 Å². The zero-order chi connectivity index (χ0) is 20.1. The van der Waals surface area contributed by atoms with Gasteiger partial charge in [0.2, 0.25) is 5.91 Å². The number of benzene rings is 2. The Morgan fingerprint density at radius 3 is 2.61 bits per heavy atom. The number of hydrogen-bond donors (Lipinski definition) is 1. The molecule has 142 valence electrons. The fourth-order valence-electron chi connectivity index (χ4n) is 2.74. The van der Waals surface area contributed by atoms with Crippen molar-refractivity contribution in [2.75, 3.05) is 5.32 Å². The maximum Gasteiger partial charge on any atom is 0.230 e. The van der Waals surface area contributed by atoms with Gasteiger partial charge in [0.15, 0.2) is 5.82 Å². The summed E-state index contributed by atoms with van der Waals surface area (Å²) in [6, 6.07) is 14.0. The Labute approximate surface area is 162 Å². The molecule has 7 heteroatoms. The van der Waals surface area contributed by atoms with Gasteiger partial charge in [-0.25, -0.2) is 4.39 Å². The molecule has 0 aliphatic rings. The van der Waals surface area contributed by atoms with E-state index >= 15 is 0 Å². The number of amides is 1. The van der Waals surface area contributed by atoms with E-state index in [4.69, 9.17) is 5.26 Å². The molecular formula is C21H20FN5O. The molecule has 0 radical (unpaired) electrons. The van der Waals surface area contributed by atoms with Crippen LogP contribution in [0, 0.1) is 17.1 Å². The second kappa shape index (κ2) is 8.44. The molecule has 0 saturated carbocycles. The van der Waals surface area contributed by atoms with E-state index in [0.29, 0.717) is 17.3 Å². The molecule has 1 heterocycles. The molecule has 3 rings (SSSR count). The molecule has 6 nitrogen and oxygen atoms in total. The third-order valence-electron chi connectivity index (χ3n) is 4.29. The maximum atomic E-state index is 13.4. The number of anilines is 1. The lowest BCUT2D eigenvalue weighted by Crippen LogP contribution is -2.15. The number of nitriles is 1. The number of rotatable bonds is 6. The van der Waals surface area contributed by atoms with Crippen molar-refractivity contribution in [3.63, 3.8) is 0 Å².